The van der Waals surface area contributed by atoms with E-state index in [4.69, 9.17) is 15.7 Å². The van der Waals surface area contributed by atoms with Crippen molar-refractivity contribution in [1.29, 1.82) is 0 Å². The van der Waals surface area contributed by atoms with Crippen LogP contribution in [0.3, 0.4) is 0 Å². The van der Waals surface area contributed by atoms with Crippen molar-refractivity contribution in [2.45, 2.75) is 0 Å². The van der Waals surface area contributed by atoms with Crippen molar-refractivity contribution in [1.82, 2.24) is 0 Å². The second kappa shape index (κ2) is 5.87. The monoisotopic (exact) mass is 342 g/mol. The van der Waals surface area contributed by atoms with Crippen molar-refractivity contribution < 1.29 is 18.7 Å². The number of benzene rings is 2. The first-order valence-electron chi connectivity index (χ1n) is 5.42. The number of nitrogens with zero attached hydrogens (tertiary/aromatic N) is 1. The maximum absolute atomic E-state index is 13.7. The highest BCUT2D eigenvalue weighted by atomic mass is 79.9. The fourth-order valence-electron chi connectivity index (χ4n) is 1.56. The zero-order valence-corrected chi connectivity index (χ0v) is 11.6. The molecule has 0 atom stereocenters. The first-order valence-corrected chi connectivity index (χ1v) is 6.21. The Labute approximate surface area is 121 Å². The van der Waals surface area contributed by atoms with Gasteiger partial charge < -0.3 is 15.7 Å². The van der Waals surface area contributed by atoms with E-state index in [1.165, 1.54) is 30.3 Å². The maximum Gasteiger partial charge on any atom is 0.176 e. The van der Waals surface area contributed by atoms with Crippen LogP contribution < -0.4 is 10.5 Å². The summed E-state index contributed by atoms with van der Waals surface area (Å²) in [7, 11) is 0. The number of oxime groups is 1. The van der Waals surface area contributed by atoms with Gasteiger partial charge in [-0.25, -0.2) is 8.78 Å². The summed E-state index contributed by atoms with van der Waals surface area (Å²) >= 11 is 3.02. The molecular weight excluding hydrogens is 334 g/mol. The summed E-state index contributed by atoms with van der Waals surface area (Å²) in [5.41, 5.74) is 5.24. The third-order valence-corrected chi connectivity index (χ3v) is 3.07. The molecule has 0 aliphatic carbocycles. The third kappa shape index (κ3) is 2.88. The second-order valence-corrected chi connectivity index (χ2v) is 4.63. The summed E-state index contributed by atoms with van der Waals surface area (Å²) in [6, 6.07) is 7.98. The van der Waals surface area contributed by atoms with E-state index in [9.17, 15) is 8.78 Å². The Hall–Kier alpha value is -2.15. The minimum atomic E-state index is -0.695. The Morgan fingerprint density at radius 3 is 2.60 bits per heavy atom. The van der Waals surface area contributed by atoms with Gasteiger partial charge in [-0.15, -0.1) is 0 Å². The zero-order valence-electron chi connectivity index (χ0n) is 9.98. The smallest absolute Gasteiger partial charge is 0.176 e. The van der Waals surface area contributed by atoms with E-state index >= 15 is 0 Å². The molecule has 0 aliphatic heterocycles. The molecule has 104 valence electrons. The van der Waals surface area contributed by atoms with Gasteiger partial charge in [0.05, 0.1) is 10.0 Å². The van der Waals surface area contributed by atoms with Crippen LogP contribution >= 0.6 is 15.9 Å². The van der Waals surface area contributed by atoms with Gasteiger partial charge in [-0.3, -0.25) is 0 Å². The van der Waals surface area contributed by atoms with Gasteiger partial charge in [-0.1, -0.05) is 11.2 Å². The molecule has 7 heteroatoms. The molecule has 3 N–H and O–H groups in total. The molecule has 0 heterocycles. The van der Waals surface area contributed by atoms with Gasteiger partial charge in [0.25, 0.3) is 0 Å². The number of hydrogen-bond acceptors (Lipinski definition) is 3. The van der Waals surface area contributed by atoms with E-state index in [1.807, 2.05) is 0 Å². The zero-order chi connectivity index (χ0) is 14.7. The largest absolute Gasteiger partial charge is 0.456 e. The predicted molar refractivity (Wildman–Crippen MR) is 73.1 cm³/mol. The Morgan fingerprint density at radius 2 is 1.95 bits per heavy atom. The molecule has 0 spiro atoms. The lowest BCUT2D eigenvalue weighted by atomic mass is 10.1. The number of rotatable bonds is 3. The van der Waals surface area contributed by atoms with Crippen molar-refractivity contribution in [3.05, 3.63) is 58.1 Å². The average Bonchev–Trinajstić information content (AvgIpc) is 2.42. The summed E-state index contributed by atoms with van der Waals surface area (Å²) < 4.78 is 32.5. The van der Waals surface area contributed by atoms with Crippen molar-refractivity contribution in [2.75, 3.05) is 0 Å². The van der Waals surface area contributed by atoms with E-state index in [1.54, 1.807) is 0 Å². The molecular formula is C13H9BrF2N2O2. The van der Waals surface area contributed by atoms with Crippen LogP contribution in [0.5, 0.6) is 11.5 Å². The number of amidine groups is 1. The summed E-state index contributed by atoms with van der Waals surface area (Å²) in [6.07, 6.45) is 0. The molecule has 0 unspecified atom stereocenters. The quantitative estimate of drug-likeness (QED) is 0.387. The Morgan fingerprint density at radius 1 is 1.20 bits per heavy atom. The van der Waals surface area contributed by atoms with Gasteiger partial charge in [0, 0.05) is 0 Å². The summed E-state index contributed by atoms with van der Waals surface area (Å²) in [6.45, 7) is 0. The summed E-state index contributed by atoms with van der Waals surface area (Å²) in [4.78, 5) is 0. The van der Waals surface area contributed by atoms with Crippen LogP contribution in [0.15, 0.2) is 46.0 Å². The van der Waals surface area contributed by atoms with Gasteiger partial charge in [-0.2, -0.15) is 0 Å². The van der Waals surface area contributed by atoms with Crippen LogP contribution in [0.1, 0.15) is 5.56 Å². The van der Waals surface area contributed by atoms with E-state index in [2.05, 4.69) is 21.1 Å². The van der Waals surface area contributed by atoms with Crippen molar-refractivity contribution in [3.63, 3.8) is 0 Å². The minimum absolute atomic E-state index is 0.0545. The first-order chi connectivity index (χ1) is 9.52. The van der Waals surface area contributed by atoms with Gasteiger partial charge in [0.15, 0.2) is 5.84 Å². The molecule has 0 amide bonds. The average molecular weight is 343 g/mol. The highest BCUT2D eigenvalue weighted by Crippen LogP contribution is 2.29. The Kier molecular flexibility index (Phi) is 4.19. The highest BCUT2D eigenvalue weighted by molar-refractivity contribution is 9.10. The normalized spacial score (nSPS) is 11.4. The van der Waals surface area contributed by atoms with Crippen LogP contribution in [0.4, 0.5) is 8.78 Å². The molecule has 0 aromatic heterocycles. The van der Waals surface area contributed by atoms with Crippen molar-refractivity contribution in [3.8, 4) is 11.5 Å². The summed E-state index contributed by atoms with van der Waals surface area (Å²) in [5, 5.41) is 11.4. The second-order valence-electron chi connectivity index (χ2n) is 3.78. The molecule has 0 fully saturated rings. The van der Waals surface area contributed by atoms with Crippen molar-refractivity contribution >= 4 is 21.8 Å². The number of ether oxygens (including phenoxy) is 1. The van der Waals surface area contributed by atoms with Crippen LogP contribution in [0.25, 0.3) is 0 Å². The lowest BCUT2D eigenvalue weighted by molar-refractivity contribution is 0.318. The molecule has 4 nitrogen and oxygen atoms in total. The van der Waals surface area contributed by atoms with E-state index in [0.717, 1.165) is 6.07 Å². The number of halogens is 3. The van der Waals surface area contributed by atoms with Gasteiger partial charge >= 0.3 is 0 Å². The van der Waals surface area contributed by atoms with Crippen LogP contribution in [0, 0.1) is 11.6 Å². The number of nitrogens with two attached hydrogens (primary N) is 1. The van der Waals surface area contributed by atoms with Crippen LogP contribution in [-0.4, -0.2) is 11.0 Å². The minimum Gasteiger partial charge on any atom is -0.456 e. The predicted octanol–water partition coefficient (Wildman–Crippen LogP) is 3.61. The first kappa shape index (κ1) is 14.3. The SMILES string of the molecule is N/C(=N/O)c1c(F)cccc1Oc1ccc(F)c(Br)c1. The maximum atomic E-state index is 13.7. The third-order valence-electron chi connectivity index (χ3n) is 2.46. The highest BCUT2D eigenvalue weighted by Gasteiger charge is 2.15. The summed E-state index contributed by atoms with van der Waals surface area (Å²) in [5.74, 6) is -1.24. The molecule has 0 radical (unpaired) electrons. The molecule has 0 bridgehead atoms. The lowest BCUT2D eigenvalue weighted by Crippen LogP contribution is -2.16. The Bertz CT molecular complexity index is 677. The van der Waals surface area contributed by atoms with Gasteiger partial charge in [-0.05, 0) is 46.3 Å². The van der Waals surface area contributed by atoms with E-state index in [0.29, 0.717) is 0 Å². The molecule has 2 rings (SSSR count). The van der Waals surface area contributed by atoms with Crippen LogP contribution in [-0.2, 0) is 0 Å². The molecule has 2 aromatic carbocycles. The lowest BCUT2D eigenvalue weighted by Gasteiger charge is -2.11. The molecule has 0 saturated heterocycles. The molecule has 0 aliphatic rings. The standard InChI is InChI=1S/C13H9BrF2N2O2/c14-8-6-7(4-5-9(8)15)20-11-3-1-2-10(16)12(11)13(17)18-19/h1-6,19H,(H2,17,18). The van der Waals surface area contributed by atoms with Gasteiger partial charge in [0.2, 0.25) is 0 Å². The molecule has 0 saturated carbocycles. The van der Waals surface area contributed by atoms with E-state index < -0.39 is 17.5 Å². The molecule has 20 heavy (non-hydrogen) atoms. The fourth-order valence-corrected chi connectivity index (χ4v) is 1.91. The number of hydrogen-bond donors (Lipinski definition) is 2. The van der Waals surface area contributed by atoms with E-state index in [-0.39, 0.29) is 21.5 Å². The fraction of sp³-hybridized carbons (Fsp3) is 0. The topological polar surface area (TPSA) is 67.8 Å². The molecule has 2 aromatic rings. The van der Waals surface area contributed by atoms with Gasteiger partial charge in [0.1, 0.15) is 23.1 Å². The van der Waals surface area contributed by atoms with Crippen molar-refractivity contribution in [2.24, 2.45) is 10.9 Å². The van der Waals surface area contributed by atoms with Crippen LogP contribution in [0.2, 0.25) is 0 Å². The Balaban J connectivity index is 2.43.